The average molecular weight is 537 g/mol. The minimum Gasteiger partial charge on any atom is -0.294 e. The Bertz CT molecular complexity index is 2280. The lowest BCUT2D eigenvalue weighted by molar-refractivity contribution is 0.594. The van der Waals surface area contributed by atoms with E-state index < -0.39 is 9.84 Å². The van der Waals surface area contributed by atoms with Crippen LogP contribution in [0.5, 0.6) is 0 Å². The Labute approximate surface area is 232 Å². The summed E-state index contributed by atoms with van der Waals surface area (Å²) in [6, 6.07) is 38.8. The molecule has 6 aromatic carbocycles. The highest BCUT2D eigenvalue weighted by Crippen LogP contribution is 2.42. The number of imidazole rings is 1. The first-order chi connectivity index (χ1) is 19.5. The smallest absolute Gasteiger partial charge is 0.210 e. The van der Waals surface area contributed by atoms with Crippen molar-refractivity contribution < 1.29 is 8.42 Å². The van der Waals surface area contributed by atoms with Gasteiger partial charge in [-0.3, -0.25) is 4.57 Å². The number of para-hydroxylation sites is 1. The molecule has 0 radical (unpaired) electrons. The maximum atomic E-state index is 13.6. The van der Waals surface area contributed by atoms with Crippen molar-refractivity contribution >= 4 is 42.4 Å². The van der Waals surface area contributed by atoms with Crippen molar-refractivity contribution in [2.45, 2.75) is 23.1 Å². The van der Waals surface area contributed by atoms with Crippen molar-refractivity contribution in [1.29, 1.82) is 0 Å². The van der Waals surface area contributed by atoms with Crippen molar-refractivity contribution in [2.75, 3.05) is 0 Å². The van der Waals surface area contributed by atoms with Crippen molar-refractivity contribution in [2.24, 2.45) is 0 Å². The zero-order chi connectivity index (χ0) is 27.0. The van der Waals surface area contributed by atoms with Gasteiger partial charge in [-0.2, -0.15) is 0 Å². The Morgan fingerprint density at radius 2 is 1.23 bits per heavy atom. The van der Waals surface area contributed by atoms with Crippen molar-refractivity contribution in [3.63, 3.8) is 0 Å². The molecule has 4 nitrogen and oxygen atoms in total. The first-order valence-corrected chi connectivity index (χ1v) is 14.9. The van der Waals surface area contributed by atoms with E-state index in [1.165, 1.54) is 21.9 Å². The molecule has 7 aromatic rings. The fourth-order valence-corrected chi connectivity index (χ4v) is 7.71. The molecule has 0 fully saturated rings. The minimum absolute atomic E-state index is 0.318. The molecule has 0 aliphatic carbocycles. The summed E-state index contributed by atoms with van der Waals surface area (Å²) in [6.45, 7) is 2.05. The molecular formula is C35H24N2O2S. The van der Waals surface area contributed by atoms with Crippen molar-refractivity contribution in [1.82, 2.24) is 9.55 Å². The fraction of sp³-hybridized carbons (Fsp3) is 0.0571. The summed E-state index contributed by atoms with van der Waals surface area (Å²) in [7, 11) is -3.64. The topological polar surface area (TPSA) is 52.0 Å². The third-order valence-electron chi connectivity index (χ3n) is 8.07. The highest BCUT2D eigenvalue weighted by atomic mass is 32.2. The molecule has 8 rings (SSSR count). The van der Waals surface area contributed by atoms with Gasteiger partial charge in [0.05, 0.1) is 26.5 Å². The summed E-state index contributed by atoms with van der Waals surface area (Å²) in [5, 5.41) is 4.74. The van der Waals surface area contributed by atoms with Crippen LogP contribution in [0.2, 0.25) is 0 Å². The lowest BCUT2D eigenvalue weighted by atomic mass is 9.96. The number of fused-ring (bicyclic) bond motifs is 4. The molecule has 0 saturated carbocycles. The van der Waals surface area contributed by atoms with Crippen LogP contribution in [0.1, 0.15) is 12.7 Å². The van der Waals surface area contributed by atoms with Gasteiger partial charge in [0.1, 0.15) is 5.82 Å². The van der Waals surface area contributed by atoms with E-state index in [1.807, 2.05) is 22.8 Å². The summed E-state index contributed by atoms with van der Waals surface area (Å²) in [5.41, 5.74) is 6.37. The molecule has 192 valence electrons. The van der Waals surface area contributed by atoms with Gasteiger partial charge < -0.3 is 0 Å². The van der Waals surface area contributed by atoms with Crippen LogP contribution in [-0.2, 0) is 16.3 Å². The largest absolute Gasteiger partial charge is 0.294 e. The van der Waals surface area contributed by atoms with E-state index in [1.54, 1.807) is 18.2 Å². The first kappa shape index (κ1) is 23.2. The van der Waals surface area contributed by atoms with E-state index in [9.17, 15) is 8.42 Å². The molecule has 0 unspecified atom stereocenters. The van der Waals surface area contributed by atoms with E-state index >= 15 is 0 Å². The summed E-state index contributed by atoms with van der Waals surface area (Å²) in [4.78, 5) is 5.65. The Morgan fingerprint density at radius 3 is 1.98 bits per heavy atom. The van der Waals surface area contributed by atoms with Crippen LogP contribution >= 0.6 is 0 Å². The van der Waals surface area contributed by atoms with Crippen LogP contribution in [0.15, 0.2) is 125 Å². The van der Waals surface area contributed by atoms with Crippen LogP contribution in [0.4, 0.5) is 0 Å². The van der Waals surface area contributed by atoms with E-state index in [0.29, 0.717) is 27.4 Å². The van der Waals surface area contributed by atoms with Crippen LogP contribution in [0, 0.1) is 0 Å². The molecule has 0 saturated heterocycles. The molecular weight excluding hydrogens is 512 g/mol. The van der Waals surface area contributed by atoms with Gasteiger partial charge in [-0.25, -0.2) is 13.4 Å². The second-order valence-corrected chi connectivity index (χ2v) is 12.2. The van der Waals surface area contributed by atoms with Crippen molar-refractivity contribution in [3.05, 3.63) is 121 Å². The fourth-order valence-electron chi connectivity index (χ4n) is 6.09. The van der Waals surface area contributed by atoms with E-state index in [2.05, 4.69) is 85.8 Å². The quantitative estimate of drug-likeness (QED) is 0.228. The summed E-state index contributed by atoms with van der Waals surface area (Å²) in [5.74, 6) is 0.854. The predicted molar refractivity (Wildman–Crippen MR) is 162 cm³/mol. The summed E-state index contributed by atoms with van der Waals surface area (Å²) in [6.07, 6.45) is 0.692. The molecule has 0 atom stereocenters. The number of aryl methyl sites for hydroxylation is 1. The van der Waals surface area contributed by atoms with Gasteiger partial charge in [-0.15, -0.1) is 0 Å². The van der Waals surface area contributed by atoms with Gasteiger partial charge in [0.2, 0.25) is 9.84 Å². The Morgan fingerprint density at radius 1 is 0.625 bits per heavy atom. The standard InChI is InChI=1S/C35H24N2O2S/c1-2-33-36-34-29(17-18-32-35(34)37(33)30-9-5-6-10-31(30)40(32,38)39)28-16-15-26-20-25(13-14-27(26)21-28)24-12-11-22-7-3-4-8-23(22)19-24/h3-21H,2H2,1H3. The van der Waals surface area contributed by atoms with E-state index in [4.69, 9.17) is 4.98 Å². The zero-order valence-electron chi connectivity index (χ0n) is 21.8. The molecule has 1 aliphatic heterocycles. The van der Waals surface area contributed by atoms with Crippen LogP contribution in [-0.4, -0.2) is 18.0 Å². The maximum absolute atomic E-state index is 13.6. The second-order valence-electron chi connectivity index (χ2n) is 10.3. The third kappa shape index (κ3) is 3.25. The van der Waals surface area contributed by atoms with Gasteiger partial charge in [-0.1, -0.05) is 85.8 Å². The Kier molecular flexibility index (Phi) is 4.85. The van der Waals surface area contributed by atoms with E-state index in [-0.39, 0.29) is 0 Å². The second kappa shape index (κ2) is 8.38. The number of benzene rings is 6. The molecule has 0 spiro atoms. The van der Waals surface area contributed by atoms with Gasteiger partial charge in [0.25, 0.3) is 0 Å². The zero-order valence-corrected chi connectivity index (χ0v) is 22.6. The number of rotatable bonds is 3. The Hall–Kier alpha value is -4.74. The van der Waals surface area contributed by atoms with E-state index in [0.717, 1.165) is 33.2 Å². The lowest BCUT2D eigenvalue weighted by Gasteiger charge is -2.21. The highest BCUT2D eigenvalue weighted by Gasteiger charge is 2.33. The molecule has 1 aromatic heterocycles. The SMILES string of the molecule is CCc1nc2c(-c3ccc4cc(-c5ccc6ccccc6c5)ccc4c3)ccc3c2n1-c1ccccc1S3(=O)=O. The first-order valence-electron chi connectivity index (χ1n) is 13.4. The predicted octanol–water partition coefficient (Wildman–Crippen LogP) is 8.37. The average Bonchev–Trinajstić information content (AvgIpc) is 3.39. The molecule has 1 aliphatic rings. The van der Waals surface area contributed by atoms with Gasteiger partial charge >= 0.3 is 0 Å². The van der Waals surface area contributed by atoms with Crippen LogP contribution in [0.25, 0.3) is 60.5 Å². The van der Waals surface area contributed by atoms with Gasteiger partial charge in [0.15, 0.2) is 0 Å². The Balaban J connectivity index is 1.29. The molecule has 5 heteroatoms. The monoisotopic (exact) mass is 536 g/mol. The number of hydrogen-bond acceptors (Lipinski definition) is 3. The summed E-state index contributed by atoms with van der Waals surface area (Å²) < 4.78 is 29.2. The highest BCUT2D eigenvalue weighted by molar-refractivity contribution is 7.92. The van der Waals surface area contributed by atoms with Crippen LogP contribution in [0.3, 0.4) is 0 Å². The minimum atomic E-state index is -3.64. The lowest BCUT2D eigenvalue weighted by Crippen LogP contribution is -2.15. The molecule has 0 N–H and O–H groups in total. The summed E-state index contributed by atoms with van der Waals surface area (Å²) >= 11 is 0. The number of nitrogens with zero attached hydrogens (tertiary/aromatic N) is 2. The number of sulfone groups is 1. The normalized spacial score (nSPS) is 13.6. The molecule has 2 heterocycles. The maximum Gasteiger partial charge on any atom is 0.210 e. The number of hydrogen-bond donors (Lipinski definition) is 0. The molecule has 0 amide bonds. The van der Waals surface area contributed by atoms with Gasteiger partial charge in [-0.05, 0) is 74.6 Å². The van der Waals surface area contributed by atoms with Crippen LogP contribution < -0.4 is 0 Å². The van der Waals surface area contributed by atoms with Crippen molar-refractivity contribution in [3.8, 4) is 27.9 Å². The number of aromatic nitrogens is 2. The molecule has 40 heavy (non-hydrogen) atoms. The van der Waals surface area contributed by atoms with Gasteiger partial charge in [0, 0.05) is 12.0 Å². The third-order valence-corrected chi connectivity index (χ3v) is 9.90. The molecule has 0 bridgehead atoms.